The Bertz CT molecular complexity index is 1240. The predicted octanol–water partition coefficient (Wildman–Crippen LogP) is 3.80. The van der Waals surface area contributed by atoms with Crippen LogP contribution in [0, 0.1) is 10.8 Å². The lowest BCUT2D eigenvalue weighted by Crippen LogP contribution is -2.15. The third-order valence-corrected chi connectivity index (χ3v) is 7.14. The van der Waals surface area contributed by atoms with Crippen molar-refractivity contribution in [2.45, 2.75) is 37.5 Å². The Morgan fingerprint density at radius 1 is 1.00 bits per heavy atom. The van der Waals surface area contributed by atoms with Crippen LogP contribution in [0.3, 0.4) is 0 Å². The Balaban J connectivity index is 1.72. The van der Waals surface area contributed by atoms with Crippen LogP contribution in [-0.4, -0.2) is 42.0 Å². The van der Waals surface area contributed by atoms with E-state index in [-0.39, 0.29) is 22.4 Å². The first kappa shape index (κ1) is 24.2. The van der Waals surface area contributed by atoms with Gasteiger partial charge in [-0.15, -0.1) is 0 Å². The summed E-state index contributed by atoms with van der Waals surface area (Å²) in [4.78, 5) is 8.76. The van der Waals surface area contributed by atoms with Crippen LogP contribution in [0.2, 0.25) is 0 Å². The molecule has 0 atom stereocenters. The first-order valence-electron chi connectivity index (χ1n) is 10.5. The van der Waals surface area contributed by atoms with Crippen molar-refractivity contribution in [3.8, 4) is 11.3 Å². The molecule has 0 fully saturated rings. The molecule has 0 amide bonds. The Morgan fingerprint density at radius 3 is 2.27 bits per heavy atom. The molecule has 0 radical (unpaired) electrons. The molecule has 0 saturated carbocycles. The second kappa shape index (κ2) is 10.5. The second-order valence-electron chi connectivity index (χ2n) is 7.65. The van der Waals surface area contributed by atoms with E-state index in [1.54, 1.807) is 38.1 Å². The van der Waals surface area contributed by atoms with Crippen LogP contribution in [0.5, 0.6) is 0 Å². The molecule has 0 saturated heterocycles. The number of sulfone groups is 1. The van der Waals surface area contributed by atoms with Gasteiger partial charge in [0.05, 0.1) is 28.2 Å². The Hall–Kier alpha value is -3.43. The zero-order valence-corrected chi connectivity index (χ0v) is 19.6. The minimum atomic E-state index is -3.36. The van der Waals surface area contributed by atoms with Crippen molar-refractivity contribution in [1.29, 1.82) is 10.8 Å². The van der Waals surface area contributed by atoms with E-state index in [2.05, 4.69) is 15.3 Å². The summed E-state index contributed by atoms with van der Waals surface area (Å²) in [5.74, 6) is -0.462. The molecule has 172 valence electrons. The quantitative estimate of drug-likeness (QED) is 0.343. The molecule has 8 nitrogen and oxygen atoms in total. The lowest BCUT2D eigenvalue weighted by molar-refractivity contribution is 0.535. The number of hydrogen-bond donors (Lipinski definition) is 3. The molecular formula is C24H27N5O3S. The van der Waals surface area contributed by atoms with Crippen molar-refractivity contribution in [1.82, 2.24) is 15.3 Å². The van der Waals surface area contributed by atoms with Crippen molar-refractivity contribution in [2.24, 2.45) is 0 Å². The summed E-state index contributed by atoms with van der Waals surface area (Å²) in [7, 11) is -3.36. The normalized spacial score (nSPS) is 11.4. The van der Waals surface area contributed by atoms with E-state index in [1.807, 2.05) is 19.1 Å². The molecule has 0 bridgehead atoms. The summed E-state index contributed by atoms with van der Waals surface area (Å²) in [6.07, 6.45) is 2.91. The molecule has 3 N–H and O–H groups in total. The van der Waals surface area contributed by atoms with E-state index in [9.17, 15) is 8.42 Å². The number of hydrogen-bond acceptors (Lipinski definition) is 8. The zero-order valence-electron chi connectivity index (χ0n) is 18.8. The standard InChI is InChI=1S/C24H27N5O3S/c1-4-27-13-17-5-7-19(8-6-17)23(25)32-24(26)22-15-28-14-21(29-22)18-9-11-20(12-10-18)33(30,31)16(2)3/h5-12,14-16,25-27H,4,13H2,1-3H3. The van der Waals surface area contributed by atoms with E-state index in [1.165, 1.54) is 24.5 Å². The van der Waals surface area contributed by atoms with E-state index >= 15 is 0 Å². The maximum Gasteiger partial charge on any atom is 0.241 e. The number of nitrogens with one attached hydrogen (secondary N) is 3. The summed E-state index contributed by atoms with van der Waals surface area (Å²) >= 11 is 0. The van der Waals surface area contributed by atoms with Gasteiger partial charge in [-0.1, -0.05) is 31.2 Å². The number of rotatable bonds is 8. The topological polar surface area (TPSA) is 129 Å². The van der Waals surface area contributed by atoms with Gasteiger partial charge in [-0.25, -0.2) is 13.4 Å². The molecule has 2 aromatic carbocycles. The summed E-state index contributed by atoms with van der Waals surface area (Å²) in [6.45, 7) is 6.93. The van der Waals surface area contributed by atoms with Crippen LogP contribution in [0.4, 0.5) is 0 Å². The number of nitrogens with zero attached hydrogens (tertiary/aromatic N) is 2. The minimum Gasteiger partial charge on any atom is -0.419 e. The molecule has 0 aliphatic carbocycles. The van der Waals surface area contributed by atoms with Gasteiger partial charge in [0.15, 0.2) is 9.84 Å². The third-order valence-electron chi connectivity index (χ3n) is 4.97. The molecule has 3 rings (SSSR count). The molecule has 3 aromatic rings. The smallest absolute Gasteiger partial charge is 0.241 e. The van der Waals surface area contributed by atoms with Crippen molar-refractivity contribution in [3.63, 3.8) is 0 Å². The van der Waals surface area contributed by atoms with E-state index < -0.39 is 15.1 Å². The maximum atomic E-state index is 12.3. The monoisotopic (exact) mass is 465 g/mol. The van der Waals surface area contributed by atoms with Gasteiger partial charge in [0, 0.05) is 17.7 Å². The fourth-order valence-corrected chi connectivity index (χ4v) is 4.02. The molecule has 0 aliphatic heterocycles. The van der Waals surface area contributed by atoms with E-state index in [0.717, 1.165) is 18.7 Å². The zero-order chi connectivity index (χ0) is 24.0. The van der Waals surface area contributed by atoms with Crippen molar-refractivity contribution < 1.29 is 13.2 Å². The molecule has 0 unspecified atom stereocenters. The summed E-state index contributed by atoms with van der Waals surface area (Å²) < 4.78 is 30.0. The highest BCUT2D eigenvalue weighted by molar-refractivity contribution is 7.92. The number of benzene rings is 2. The Kier molecular flexibility index (Phi) is 7.67. The van der Waals surface area contributed by atoms with Gasteiger partial charge in [0.2, 0.25) is 11.8 Å². The van der Waals surface area contributed by atoms with Gasteiger partial charge in [-0.05, 0) is 50.2 Å². The largest absolute Gasteiger partial charge is 0.419 e. The molecule has 0 aliphatic rings. The van der Waals surface area contributed by atoms with Crippen LogP contribution in [-0.2, 0) is 21.1 Å². The first-order valence-corrected chi connectivity index (χ1v) is 12.1. The lowest BCUT2D eigenvalue weighted by atomic mass is 10.1. The average Bonchev–Trinajstić information content (AvgIpc) is 2.83. The molecule has 9 heteroatoms. The van der Waals surface area contributed by atoms with Crippen LogP contribution < -0.4 is 5.32 Å². The molecule has 33 heavy (non-hydrogen) atoms. The van der Waals surface area contributed by atoms with Crippen molar-refractivity contribution in [2.75, 3.05) is 6.54 Å². The molecule has 1 aromatic heterocycles. The second-order valence-corrected chi connectivity index (χ2v) is 10.1. The minimum absolute atomic E-state index is 0.162. The van der Waals surface area contributed by atoms with Crippen LogP contribution in [0.1, 0.15) is 37.6 Å². The van der Waals surface area contributed by atoms with Crippen molar-refractivity contribution >= 4 is 21.6 Å². The van der Waals surface area contributed by atoms with E-state index in [0.29, 0.717) is 16.8 Å². The fraction of sp³-hybridized carbons (Fsp3) is 0.250. The van der Waals surface area contributed by atoms with Crippen molar-refractivity contribution in [3.05, 3.63) is 77.7 Å². The molecular weight excluding hydrogens is 438 g/mol. The van der Waals surface area contributed by atoms with Gasteiger partial charge < -0.3 is 10.1 Å². The Morgan fingerprint density at radius 2 is 1.67 bits per heavy atom. The fourth-order valence-electron chi connectivity index (χ4n) is 2.96. The third kappa shape index (κ3) is 5.88. The molecule has 1 heterocycles. The van der Waals surface area contributed by atoms with Crippen LogP contribution in [0.25, 0.3) is 11.3 Å². The van der Waals surface area contributed by atoms with Gasteiger partial charge in [0.1, 0.15) is 5.69 Å². The average molecular weight is 466 g/mol. The first-order chi connectivity index (χ1) is 15.7. The SMILES string of the molecule is CCNCc1ccc(C(=N)OC(=N)c2cncc(-c3ccc(S(=O)(=O)C(C)C)cc3)n2)cc1. The number of ether oxygens (including phenoxy) is 1. The summed E-state index contributed by atoms with van der Waals surface area (Å²) in [6, 6.07) is 13.8. The van der Waals surface area contributed by atoms with Crippen LogP contribution in [0.15, 0.2) is 65.8 Å². The van der Waals surface area contributed by atoms with Gasteiger partial charge in [0.25, 0.3) is 0 Å². The number of aromatic nitrogens is 2. The highest BCUT2D eigenvalue weighted by Gasteiger charge is 2.19. The summed E-state index contributed by atoms with van der Waals surface area (Å²) in [5, 5.41) is 19.1. The predicted molar refractivity (Wildman–Crippen MR) is 128 cm³/mol. The highest BCUT2D eigenvalue weighted by Crippen LogP contribution is 2.22. The Labute approximate surface area is 194 Å². The summed E-state index contributed by atoms with van der Waals surface area (Å²) in [5.41, 5.74) is 2.93. The van der Waals surface area contributed by atoms with Gasteiger partial charge >= 0.3 is 0 Å². The van der Waals surface area contributed by atoms with Gasteiger partial charge in [-0.3, -0.25) is 15.8 Å². The van der Waals surface area contributed by atoms with Gasteiger partial charge in [-0.2, -0.15) is 0 Å². The van der Waals surface area contributed by atoms with E-state index in [4.69, 9.17) is 15.6 Å². The lowest BCUT2D eigenvalue weighted by Gasteiger charge is -2.10. The maximum absolute atomic E-state index is 12.3. The highest BCUT2D eigenvalue weighted by atomic mass is 32.2. The van der Waals surface area contributed by atoms with Crippen LogP contribution >= 0.6 is 0 Å². The molecule has 0 spiro atoms.